The molecule has 1 aliphatic rings. The molecule has 2 aromatic rings. The van der Waals surface area contributed by atoms with Crippen molar-refractivity contribution < 1.29 is 14.3 Å². The summed E-state index contributed by atoms with van der Waals surface area (Å²) in [6.07, 6.45) is 1.66. The van der Waals surface area contributed by atoms with E-state index in [1.165, 1.54) is 0 Å². The maximum atomic E-state index is 13.0. The van der Waals surface area contributed by atoms with Gasteiger partial charge in [0.2, 0.25) is 0 Å². The first kappa shape index (κ1) is 19.0. The normalized spacial score (nSPS) is 15.3. The molecule has 1 fully saturated rings. The maximum Gasteiger partial charge on any atom is 0.344 e. The second kappa shape index (κ2) is 8.28. The standard InChI is InChI=1S/C18H22BrN3O4/c1-3-26-18(24)15-12(2)14-10-13(19)11-20-16(14)22(17(15)23)5-4-21-6-8-25-9-7-21/h10-11H,3-9H2,1-2H3. The number of hydrogen-bond donors (Lipinski definition) is 0. The van der Waals surface area contributed by atoms with Gasteiger partial charge in [-0.3, -0.25) is 14.3 Å². The lowest BCUT2D eigenvalue weighted by Gasteiger charge is -2.27. The molecule has 8 heteroatoms. The second-order valence-corrected chi connectivity index (χ2v) is 7.07. The Morgan fingerprint density at radius 2 is 2.08 bits per heavy atom. The van der Waals surface area contributed by atoms with Crippen LogP contribution >= 0.6 is 15.9 Å². The SMILES string of the molecule is CCOC(=O)c1c(C)c2cc(Br)cnc2n(CCN2CCOCC2)c1=O. The van der Waals surface area contributed by atoms with Gasteiger partial charge in [-0.15, -0.1) is 0 Å². The number of pyridine rings is 2. The Morgan fingerprint density at radius 3 is 2.77 bits per heavy atom. The molecule has 1 saturated heterocycles. The van der Waals surface area contributed by atoms with E-state index in [1.54, 1.807) is 24.6 Å². The van der Waals surface area contributed by atoms with E-state index >= 15 is 0 Å². The molecule has 0 aromatic carbocycles. The van der Waals surface area contributed by atoms with Crippen molar-refractivity contribution in [3.05, 3.63) is 38.2 Å². The Labute approximate surface area is 160 Å². The van der Waals surface area contributed by atoms with Crippen molar-refractivity contribution in [2.24, 2.45) is 0 Å². The van der Waals surface area contributed by atoms with Crippen molar-refractivity contribution in [1.29, 1.82) is 0 Å². The summed E-state index contributed by atoms with van der Waals surface area (Å²) in [5.74, 6) is -0.586. The summed E-state index contributed by atoms with van der Waals surface area (Å²) in [7, 11) is 0. The van der Waals surface area contributed by atoms with Crippen molar-refractivity contribution in [3.63, 3.8) is 0 Å². The molecular formula is C18H22BrN3O4. The van der Waals surface area contributed by atoms with Crippen LogP contribution in [0.5, 0.6) is 0 Å². The molecule has 0 bridgehead atoms. The number of fused-ring (bicyclic) bond motifs is 1. The highest BCUT2D eigenvalue weighted by atomic mass is 79.9. The summed E-state index contributed by atoms with van der Waals surface area (Å²) in [6, 6.07) is 1.88. The minimum atomic E-state index is -0.586. The predicted octanol–water partition coefficient (Wildman–Crippen LogP) is 1.98. The number of carbonyl (C=O) groups is 1. The number of nitrogens with zero attached hydrogens (tertiary/aromatic N) is 3. The third kappa shape index (κ3) is 3.82. The van der Waals surface area contributed by atoms with E-state index < -0.39 is 5.97 Å². The highest BCUT2D eigenvalue weighted by Crippen LogP contribution is 2.22. The Kier molecular flexibility index (Phi) is 6.05. The number of hydrogen-bond acceptors (Lipinski definition) is 6. The van der Waals surface area contributed by atoms with E-state index in [9.17, 15) is 9.59 Å². The molecule has 0 amide bonds. The summed E-state index contributed by atoms with van der Waals surface area (Å²) in [5, 5.41) is 0.768. The van der Waals surface area contributed by atoms with Crippen molar-refractivity contribution in [1.82, 2.24) is 14.5 Å². The van der Waals surface area contributed by atoms with Gasteiger partial charge in [0.25, 0.3) is 5.56 Å². The van der Waals surface area contributed by atoms with Crippen LogP contribution in [-0.4, -0.2) is 59.9 Å². The molecule has 0 N–H and O–H groups in total. The van der Waals surface area contributed by atoms with Crippen LogP contribution in [0.1, 0.15) is 22.8 Å². The monoisotopic (exact) mass is 423 g/mol. The molecule has 2 aromatic heterocycles. The van der Waals surface area contributed by atoms with Crippen molar-refractivity contribution >= 4 is 32.9 Å². The quantitative estimate of drug-likeness (QED) is 0.684. The van der Waals surface area contributed by atoms with Crippen molar-refractivity contribution in [3.8, 4) is 0 Å². The van der Waals surface area contributed by atoms with E-state index in [2.05, 4.69) is 25.8 Å². The molecule has 3 heterocycles. The molecule has 0 spiro atoms. The van der Waals surface area contributed by atoms with Crippen LogP contribution in [0.15, 0.2) is 21.5 Å². The lowest BCUT2D eigenvalue weighted by Crippen LogP contribution is -2.40. The van der Waals surface area contributed by atoms with Gasteiger partial charge in [-0.25, -0.2) is 9.78 Å². The molecule has 3 rings (SSSR count). The summed E-state index contributed by atoms with van der Waals surface area (Å²) >= 11 is 3.42. The van der Waals surface area contributed by atoms with E-state index in [0.29, 0.717) is 37.5 Å². The van der Waals surface area contributed by atoms with Gasteiger partial charge in [-0.05, 0) is 41.4 Å². The van der Waals surface area contributed by atoms with Crippen molar-refractivity contribution in [2.45, 2.75) is 20.4 Å². The molecule has 140 valence electrons. The van der Waals surface area contributed by atoms with Crippen LogP contribution in [0.4, 0.5) is 0 Å². The average molecular weight is 424 g/mol. The molecule has 7 nitrogen and oxygen atoms in total. The Hall–Kier alpha value is -1.77. The summed E-state index contributed by atoms with van der Waals surface area (Å²) < 4.78 is 12.8. The van der Waals surface area contributed by atoms with E-state index in [4.69, 9.17) is 9.47 Å². The van der Waals surface area contributed by atoms with Gasteiger partial charge in [0.15, 0.2) is 0 Å². The van der Waals surface area contributed by atoms with Crippen LogP contribution in [0.2, 0.25) is 0 Å². The van der Waals surface area contributed by atoms with Gasteiger partial charge in [0.05, 0.1) is 19.8 Å². The number of aromatic nitrogens is 2. The van der Waals surface area contributed by atoms with Gasteiger partial charge in [-0.2, -0.15) is 0 Å². The summed E-state index contributed by atoms with van der Waals surface area (Å²) in [6.45, 7) is 7.92. The minimum Gasteiger partial charge on any atom is -0.462 e. The number of carbonyl (C=O) groups excluding carboxylic acids is 1. The van der Waals surface area contributed by atoms with Gasteiger partial charge in [0, 0.05) is 42.2 Å². The molecule has 0 unspecified atom stereocenters. The van der Waals surface area contributed by atoms with Crippen LogP contribution in [-0.2, 0) is 16.0 Å². The Balaban J connectivity index is 2.07. The Morgan fingerprint density at radius 1 is 1.35 bits per heavy atom. The van der Waals surface area contributed by atoms with E-state index in [0.717, 1.165) is 22.9 Å². The first-order valence-electron chi connectivity index (χ1n) is 8.68. The van der Waals surface area contributed by atoms with E-state index in [-0.39, 0.29) is 17.7 Å². The molecule has 1 aliphatic heterocycles. The number of aryl methyl sites for hydroxylation is 1. The van der Waals surface area contributed by atoms with Gasteiger partial charge in [-0.1, -0.05) is 0 Å². The second-order valence-electron chi connectivity index (χ2n) is 6.16. The fourth-order valence-electron chi connectivity index (χ4n) is 3.17. The fourth-order valence-corrected chi connectivity index (χ4v) is 3.50. The summed E-state index contributed by atoms with van der Waals surface area (Å²) in [5.41, 5.74) is 0.912. The maximum absolute atomic E-state index is 13.0. The molecule has 0 aliphatic carbocycles. The van der Waals surface area contributed by atoms with Gasteiger partial charge < -0.3 is 9.47 Å². The smallest absolute Gasteiger partial charge is 0.344 e. The van der Waals surface area contributed by atoms with Crippen LogP contribution < -0.4 is 5.56 Å². The lowest BCUT2D eigenvalue weighted by atomic mass is 10.1. The predicted molar refractivity (Wildman–Crippen MR) is 102 cm³/mol. The number of ether oxygens (including phenoxy) is 2. The summed E-state index contributed by atoms with van der Waals surface area (Å²) in [4.78, 5) is 32.1. The highest BCUT2D eigenvalue weighted by Gasteiger charge is 2.22. The largest absolute Gasteiger partial charge is 0.462 e. The Bertz CT molecular complexity index is 875. The van der Waals surface area contributed by atoms with Gasteiger partial charge in [0.1, 0.15) is 11.2 Å². The van der Waals surface area contributed by atoms with Crippen LogP contribution in [0.25, 0.3) is 11.0 Å². The first-order valence-corrected chi connectivity index (χ1v) is 9.48. The van der Waals surface area contributed by atoms with Gasteiger partial charge >= 0.3 is 5.97 Å². The molecular weight excluding hydrogens is 402 g/mol. The molecule has 0 radical (unpaired) electrons. The zero-order chi connectivity index (χ0) is 18.7. The number of esters is 1. The molecule has 0 saturated carbocycles. The third-order valence-electron chi connectivity index (χ3n) is 4.55. The topological polar surface area (TPSA) is 73.7 Å². The van der Waals surface area contributed by atoms with Crippen molar-refractivity contribution in [2.75, 3.05) is 39.5 Å². The fraction of sp³-hybridized carbons (Fsp3) is 0.500. The van der Waals surface area contributed by atoms with Crippen LogP contribution in [0, 0.1) is 6.92 Å². The third-order valence-corrected chi connectivity index (χ3v) is 4.98. The highest BCUT2D eigenvalue weighted by molar-refractivity contribution is 9.10. The number of halogens is 1. The first-order chi connectivity index (χ1) is 12.5. The zero-order valence-electron chi connectivity index (χ0n) is 15.0. The number of rotatable bonds is 5. The number of morpholine rings is 1. The lowest BCUT2D eigenvalue weighted by molar-refractivity contribution is 0.0364. The van der Waals surface area contributed by atoms with Crippen LogP contribution in [0.3, 0.4) is 0 Å². The minimum absolute atomic E-state index is 0.0845. The molecule has 0 atom stereocenters. The average Bonchev–Trinajstić information content (AvgIpc) is 2.63. The van der Waals surface area contributed by atoms with E-state index in [1.807, 2.05) is 6.07 Å². The zero-order valence-corrected chi connectivity index (χ0v) is 16.5. The molecule has 26 heavy (non-hydrogen) atoms.